The first kappa shape index (κ1) is 27.9. The van der Waals surface area contributed by atoms with E-state index in [9.17, 15) is 9.59 Å². The fourth-order valence-electron chi connectivity index (χ4n) is 2.95. The van der Waals surface area contributed by atoms with E-state index in [-0.39, 0.29) is 27.7 Å². The third-order valence-electron chi connectivity index (χ3n) is 4.75. The highest BCUT2D eigenvalue weighted by Gasteiger charge is 2.19. The van der Waals surface area contributed by atoms with Gasteiger partial charge in [-0.15, -0.1) is 0 Å². The molecule has 0 radical (unpaired) electrons. The Morgan fingerprint density at radius 1 is 0.714 bits per heavy atom. The van der Waals surface area contributed by atoms with Crippen LogP contribution in [-0.2, 0) is 19.1 Å². The number of hydrogen-bond acceptors (Lipinski definition) is 4. The lowest BCUT2D eigenvalue weighted by atomic mass is 10.1. The maximum atomic E-state index is 12.0. The number of alkyl halides is 2. The van der Waals surface area contributed by atoms with Gasteiger partial charge in [-0.05, 0) is 38.5 Å². The molecule has 3 atom stereocenters. The Hall–Kier alpha value is -0.100. The SMILES string of the molecule is CCCC(Br)C(=O)OCCCCCCCCCC(CC)OC(=O)C(Br)CCC. The van der Waals surface area contributed by atoms with Crippen molar-refractivity contribution >= 4 is 43.8 Å². The van der Waals surface area contributed by atoms with Crippen molar-refractivity contribution in [1.29, 1.82) is 0 Å². The summed E-state index contributed by atoms with van der Waals surface area (Å²) in [5, 5.41) is 0. The molecule has 0 spiro atoms. The molecule has 0 bridgehead atoms. The summed E-state index contributed by atoms with van der Waals surface area (Å²) in [4.78, 5) is 23.3. The third-order valence-corrected chi connectivity index (χ3v) is 6.41. The highest BCUT2D eigenvalue weighted by molar-refractivity contribution is 9.10. The lowest BCUT2D eigenvalue weighted by Gasteiger charge is -2.18. The van der Waals surface area contributed by atoms with E-state index in [0.717, 1.165) is 57.8 Å². The summed E-state index contributed by atoms with van der Waals surface area (Å²) in [6.45, 7) is 6.73. The van der Waals surface area contributed by atoms with Crippen LogP contribution in [-0.4, -0.2) is 34.3 Å². The van der Waals surface area contributed by atoms with Gasteiger partial charge in [-0.1, -0.05) is 97.6 Å². The first-order chi connectivity index (χ1) is 13.5. The van der Waals surface area contributed by atoms with Gasteiger partial charge in [0.2, 0.25) is 0 Å². The van der Waals surface area contributed by atoms with E-state index >= 15 is 0 Å². The van der Waals surface area contributed by atoms with Crippen LogP contribution in [0.2, 0.25) is 0 Å². The highest BCUT2D eigenvalue weighted by atomic mass is 79.9. The molecule has 28 heavy (non-hydrogen) atoms. The van der Waals surface area contributed by atoms with Crippen molar-refractivity contribution in [2.24, 2.45) is 0 Å². The summed E-state index contributed by atoms with van der Waals surface area (Å²) in [6, 6.07) is 0. The van der Waals surface area contributed by atoms with Crippen molar-refractivity contribution in [2.45, 2.75) is 120 Å². The lowest BCUT2D eigenvalue weighted by Crippen LogP contribution is -2.24. The summed E-state index contributed by atoms with van der Waals surface area (Å²) in [7, 11) is 0. The molecule has 0 aliphatic carbocycles. The number of hydrogen-bond donors (Lipinski definition) is 0. The Bertz CT molecular complexity index is 404. The highest BCUT2D eigenvalue weighted by Crippen LogP contribution is 2.17. The van der Waals surface area contributed by atoms with E-state index in [1.54, 1.807) is 0 Å². The van der Waals surface area contributed by atoms with Crippen molar-refractivity contribution in [3.8, 4) is 0 Å². The van der Waals surface area contributed by atoms with Gasteiger partial charge >= 0.3 is 11.9 Å². The predicted octanol–water partition coefficient (Wildman–Crippen LogP) is 7.10. The second-order valence-electron chi connectivity index (χ2n) is 7.41. The first-order valence-corrected chi connectivity index (χ1v) is 12.9. The Morgan fingerprint density at radius 2 is 1.21 bits per heavy atom. The molecule has 0 N–H and O–H groups in total. The summed E-state index contributed by atoms with van der Waals surface area (Å²) in [5.41, 5.74) is 0. The minimum Gasteiger partial charge on any atom is -0.465 e. The van der Waals surface area contributed by atoms with Gasteiger partial charge < -0.3 is 9.47 Å². The topological polar surface area (TPSA) is 52.6 Å². The van der Waals surface area contributed by atoms with E-state index < -0.39 is 0 Å². The number of carbonyl (C=O) groups excluding carboxylic acids is 2. The van der Waals surface area contributed by atoms with Gasteiger partial charge in [-0.25, -0.2) is 0 Å². The van der Waals surface area contributed by atoms with E-state index in [1.165, 1.54) is 25.7 Å². The van der Waals surface area contributed by atoms with E-state index in [2.05, 4.69) is 52.6 Å². The van der Waals surface area contributed by atoms with Crippen LogP contribution in [0.25, 0.3) is 0 Å². The van der Waals surface area contributed by atoms with Crippen LogP contribution in [0.1, 0.15) is 104 Å². The second-order valence-corrected chi connectivity index (χ2v) is 9.62. The van der Waals surface area contributed by atoms with Crippen molar-refractivity contribution in [3.05, 3.63) is 0 Å². The zero-order valence-electron chi connectivity index (χ0n) is 18.0. The smallest absolute Gasteiger partial charge is 0.319 e. The maximum absolute atomic E-state index is 12.0. The first-order valence-electron chi connectivity index (χ1n) is 11.1. The Morgan fingerprint density at radius 3 is 1.75 bits per heavy atom. The fraction of sp³-hybridized carbons (Fsp3) is 0.909. The largest absolute Gasteiger partial charge is 0.465 e. The van der Waals surface area contributed by atoms with Crippen LogP contribution in [0, 0.1) is 0 Å². The van der Waals surface area contributed by atoms with Gasteiger partial charge in [0.15, 0.2) is 0 Å². The predicted molar refractivity (Wildman–Crippen MR) is 123 cm³/mol. The molecule has 0 heterocycles. The normalized spacial score (nSPS) is 14.3. The summed E-state index contributed by atoms with van der Waals surface area (Å²) in [6.07, 6.45) is 13.4. The van der Waals surface area contributed by atoms with Crippen LogP contribution in [0.15, 0.2) is 0 Å². The number of carbonyl (C=O) groups is 2. The minimum atomic E-state index is -0.169. The average molecular weight is 528 g/mol. The van der Waals surface area contributed by atoms with E-state index in [0.29, 0.717) is 6.61 Å². The molecule has 3 unspecified atom stereocenters. The van der Waals surface area contributed by atoms with E-state index in [4.69, 9.17) is 9.47 Å². The van der Waals surface area contributed by atoms with Gasteiger partial charge in [0.1, 0.15) is 15.8 Å². The molecule has 0 aliphatic rings. The Kier molecular flexibility index (Phi) is 18.8. The monoisotopic (exact) mass is 526 g/mol. The van der Waals surface area contributed by atoms with Crippen molar-refractivity contribution < 1.29 is 19.1 Å². The molecule has 0 saturated carbocycles. The van der Waals surface area contributed by atoms with Crippen LogP contribution in [0.5, 0.6) is 0 Å². The van der Waals surface area contributed by atoms with Gasteiger partial charge in [0.05, 0.1) is 6.61 Å². The number of ether oxygens (including phenoxy) is 2. The maximum Gasteiger partial charge on any atom is 0.319 e. The number of unbranched alkanes of at least 4 members (excludes halogenated alkanes) is 6. The van der Waals surface area contributed by atoms with E-state index in [1.807, 2.05) is 0 Å². The quantitative estimate of drug-likeness (QED) is 0.108. The standard InChI is InChI=1S/C22H40Br2O4/c1-4-14-19(23)21(25)27-17-13-11-9-7-8-10-12-16-18(6-3)28-22(26)20(24)15-5-2/h18-20H,4-17H2,1-3H3. The molecule has 0 saturated heterocycles. The van der Waals surface area contributed by atoms with Gasteiger partial charge in [0.25, 0.3) is 0 Å². The van der Waals surface area contributed by atoms with Crippen molar-refractivity contribution in [3.63, 3.8) is 0 Å². The second kappa shape index (κ2) is 18.9. The molecule has 4 nitrogen and oxygen atoms in total. The average Bonchev–Trinajstić information content (AvgIpc) is 2.68. The van der Waals surface area contributed by atoms with Crippen molar-refractivity contribution in [1.82, 2.24) is 0 Å². The Balaban J connectivity index is 3.59. The summed E-state index contributed by atoms with van der Waals surface area (Å²) in [5.74, 6) is -0.246. The third kappa shape index (κ3) is 14.8. The molecule has 0 aromatic heterocycles. The zero-order chi connectivity index (χ0) is 21.2. The molecule has 0 aliphatic heterocycles. The van der Waals surface area contributed by atoms with Crippen LogP contribution in [0.3, 0.4) is 0 Å². The Labute approximate surface area is 189 Å². The lowest BCUT2D eigenvalue weighted by molar-refractivity contribution is -0.149. The molecular formula is C22H40Br2O4. The molecule has 6 heteroatoms. The molecular weight excluding hydrogens is 488 g/mol. The molecule has 0 aromatic rings. The molecule has 166 valence electrons. The zero-order valence-corrected chi connectivity index (χ0v) is 21.2. The number of halogens is 2. The van der Waals surface area contributed by atoms with Gasteiger partial charge in [-0.2, -0.15) is 0 Å². The van der Waals surface area contributed by atoms with Gasteiger partial charge in [-0.3, -0.25) is 9.59 Å². The molecule has 0 aromatic carbocycles. The van der Waals surface area contributed by atoms with Crippen LogP contribution >= 0.6 is 31.9 Å². The van der Waals surface area contributed by atoms with Crippen LogP contribution < -0.4 is 0 Å². The van der Waals surface area contributed by atoms with Gasteiger partial charge in [0, 0.05) is 0 Å². The summed E-state index contributed by atoms with van der Waals surface area (Å²) >= 11 is 6.77. The molecule has 0 rings (SSSR count). The summed E-state index contributed by atoms with van der Waals surface area (Å²) < 4.78 is 10.9. The molecule has 0 amide bonds. The van der Waals surface area contributed by atoms with Crippen LogP contribution in [0.4, 0.5) is 0 Å². The van der Waals surface area contributed by atoms with Crippen molar-refractivity contribution in [2.75, 3.05) is 6.61 Å². The molecule has 0 fully saturated rings. The minimum absolute atomic E-state index is 0.0464. The number of esters is 2. The fourth-order valence-corrected chi connectivity index (χ4v) is 4.10. The number of rotatable bonds is 18.